The Kier molecular flexibility index (Phi) is 4.60. The van der Waals surface area contributed by atoms with Crippen LogP contribution in [0.3, 0.4) is 0 Å². The number of aryl methyl sites for hydroxylation is 1. The molecule has 1 aromatic carbocycles. The molecule has 3 rings (SSSR count). The highest BCUT2D eigenvalue weighted by Crippen LogP contribution is 2.29. The highest BCUT2D eigenvalue weighted by Gasteiger charge is 2.28. The minimum atomic E-state index is 0.125. The Labute approximate surface area is 137 Å². The molecule has 0 aliphatic carbocycles. The number of benzene rings is 1. The molecule has 1 amide bonds. The number of likely N-dealkylation sites (tertiary alicyclic amines) is 1. The van der Waals surface area contributed by atoms with Crippen LogP contribution < -0.4 is 4.74 Å². The summed E-state index contributed by atoms with van der Waals surface area (Å²) in [4.78, 5) is 18.9. The van der Waals surface area contributed by atoms with Crippen molar-refractivity contribution in [1.29, 1.82) is 0 Å². The molecule has 4 heteroatoms. The summed E-state index contributed by atoms with van der Waals surface area (Å²) in [6.07, 6.45) is 5.32. The lowest BCUT2D eigenvalue weighted by molar-refractivity contribution is 0.0789. The van der Waals surface area contributed by atoms with E-state index in [0.717, 1.165) is 42.8 Å². The molecule has 1 aromatic heterocycles. The van der Waals surface area contributed by atoms with Gasteiger partial charge in [-0.15, -0.1) is 0 Å². The number of hydrogen-bond acceptors (Lipinski definition) is 3. The number of ether oxygens (including phenoxy) is 1. The Morgan fingerprint density at radius 3 is 2.78 bits per heavy atom. The number of rotatable bonds is 4. The lowest BCUT2D eigenvalue weighted by Crippen LogP contribution is -2.29. The molecule has 0 spiro atoms. The average Bonchev–Trinajstić information content (AvgIpc) is 3.11. The monoisotopic (exact) mass is 310 g/mol. The summed E-state index contributed by atoms with van der Waals surface area (Å²) in [5, 5.41) is 0. The van der Waals surface area contributed by atoms with E-state index in [2.05, 4.69) is 24.0 Å². The van der Waals surface area contributed by atoms with Gasteiger partial charge in [-0.05, 0) is 42.2 Å². The minimum Gasteiger partial charge on any atom is -0.497 e. The molecule has 0 saturated carbocycles. The molecular formula is C19H22N2O2. The van der Waals surface area contributed by atoms with Gasteiger partial charge in [0.05, 0.1) is 7.11 Å². The Morgan fingerprint density at radius 1 is 1.30 bits per heavy atom. The lowest BCUT2D eigenvalue weighted by atomic mass is 9.98. The zero-order valence-corrected chi connectivity index (χ0v) is 13.7. The highest BCUT2D eigenvalue weighted by atomic mass is 16.5. The molecule has 1 atom stereocenters. The quantitative estimate of drug-likeness (QED) is 0.870. The molecule has 0 N–H and O–H groups in total. The molecular weight excluding hydrogens is 288 g/mol. The molecule has 23 heavy (non-hydrogen) atoms. The van der Waals surface area contributed by atoms with E-state index in [0.29, 0.717) is 5.92 Å². The molecule has 1 saturated heterocycles. The van der Waals surface area contributed by atoms with Gasteiger partial charge in [0.2, 0.25) is 0 Å². The van der Waals surface area contributed by atoms with E-state index in [1.807, 2.05) is 23.1 Å². The summed E-state index contributed by atoms with van der Waals surface area (Å²) >= 11 is 0. The van der Waals surface area contributed by atoms with Crippen LogP contribution >= 0.6 is 0 Å². The summed E-state index contributed by atoms with van der Waals surface area (Å²) in [5.74, 6) is 1.39. The summed E-state index contributed by atoms with van der Waals surface area (Å²) in [6.45, 7) is 3.63. The van der Waals surface area contributed by atoms with Crippen molar-refractivity contribution in [2.75, 3.05) is 20.2 Å². The molecule has 0 bridgehead atoms. The van der Waals surface area contributed by atoms with Crippen LogP contribution in [0, 0.1) is 0 Å². The topological polar surface area (TPSA) is 42.4 Å². The Hall–Kier alpha value is -2.36. The maximum Gasteiger partial charge on any atom is 0.254 e. The van der Waals surface area contributed by atoms with Crippen LogP contribution in [0.15, 0.2) is 42.7 Å². The van der Waals surface area contributed by atoms with Crippen molar-refractivity contribution in [2.45, 2.75) is 25.7 Å². The number of pyridine rings is 1. The van der Waals surface area contributed by atoms with Crippen molar-refractivity contribution in [3.05, 3.63) is 59.4 Å². The van der Waals surface area contributed by atoms with Crippen molar-refractivity contribution >= 4 is 5.91 Å². The van der Waals surface area contributed by atoms with E-state index in [4.69, 9.17) is 4.74 Å². The van der Waals surface area contributed by atoms with Gasteiger partial charge in [-0.3, -0.25) is 9.78 Å². The molecule has 1 aliphatic heterocycles. The lowest BCUT2D eigenvalue weighted by Gasteiger charge is -2.18. The maximum absolute atomic E-state index is 12.8. The number of carbonyl (C=O) groups is 1. The van der Waals surface area contributed by atoms with E-state index in [1.165, 1.54) is 5.56 Å². The maximum atomic E-state index is 12.8. The molecule has 120 valence electrons. The predicted octanol–water partition coefficient (Wildman–Crippen LogP) is 3.28. The first-order valence-electron chi connectivity index (χ1n) is 8.09. The second-order valence-electron chi connectivity index (χ2n) is 5.90. The molecule has 1 aliphatic rings. The first kappa shape index (κ1) is 15.5. The van der Waals surface area contributed by atoms with Crippen LogP contribution in [0.1, 0.15) is 40.7 Å². The largest absolute Gasteiger partial charge is 0.497 e. The highest BCUT2D eigenvalue weighted by molar-refractivity contribution is 5.95. The number of amides is 1. The summed E-state index contributed by atoms with van der Waals surface area (Å²) in [5.41, 5.74) is 3.08. The Bertz CT molecular complexity index is 682. The van der Waals surface area contributed by atoms with Crippen LogP contribution in [-0.4, -0.2) is 36.0 Å². The number of methoxy groups -OCH3 is 1. The fourth-order valence-corrected chi connectivity index (χ4v) is 3.18. The van der Waals surface area contributed by atoms with Crippen LogP contribution in [0.2, 0.25) is 0 Å². The minimum absolute atomic E-state index is 0.125. The van der Waals surface area contributed by atoms with Gasteiger partial charge in [-0.1, -0.05) is 19.1 Å². The van der Waals surface area contributed by atoms with Gasteiger partial charge in [0.25, 0.3) is 5.91 Å². The molecule has 4 nitrogen and oxygen atoms in total. The molecule has 0 radical (unpaired) electrons. The van der Waals surface area contributed by atoms with E-state index >= 15 is 0 Å². The van der Waals surface area contributed by atoms with Gasteiger partial charge < -0.3 is 9.64 Å². The SMILES string of the molecule is CCc1cnccc1C(=O)N1CC[C@H](c2ccc(OC)cc2)C1. The van der Waals surface area contributed by atoms with Crippen LogP contribution in [0.25, 0.3) is 0 Å². The van der Waals surface area contributed by atoms with Crippen molar-refractivity contribution in [3.63, 3.8) is 0 Å². The third-order valence-electron chi connectivity index (χ3n) is 4.58. The summed E-state index contributed by atoms with van der Waals surface area (Å²) < 4.78 is 5.20. The van der Waals surface area contributed by atoms with Crippen molar-refractivity contribution in [2.24, 2.45) is 0 Å². The Balaban J connectivity index is 1.72. The first-order valence-corrected chi connectivity index (χ1v) is 8.09. The van der Waals surface area contributed by atoms with Gasteiger partial charge >= 0.3 is 0 Å². The van der Waals surface area contributed by atoms with Crippen LogP contribution in [0.4, 0.5) is 0 Å². The van der Waals surface area contributed by atoms with Gasteiger partial charge in [-0.2, -0.15) is 0 Å². The summed E-state index contributed by atoms with van der Waals surface area (Å²) in [7, 11) is 1.67. The van der Waals surface area contributed by atoms with Crippen molar-refractivity contribution < 1.29 is 9.53 Å². The van der Waals surface area contributed by atoms with Crippen LogP contribution in [0.5, 0.6) is 5.75 Å². The van der Waals surface area contributed by atoms with Gasteiger partial charge in [0.15, 0.2) is 0 Å². The second kappa shape index (κ2) is 6.82. The van der Waals surface area contributed by atoms with E-state index < -0.39 is 0 Å². The zero-order chi connectivity index (χ0) is 16.2. The predicted molar refractivity (Wildman–Crippen MR) is 89.9 cm³/mol. The first-order chi connectivity index (χ1) is 11.2. The number of nitrogens with zero attached hydrogens (tertiary/aromatic N) is 2. The number of aromatic nitrogens is 1. The Morgan fingerprint density at radius 2 is 2.09 bits per heavy atom. The normalized spacial score (nSPS) is 17.3. The van der Waals surface area contributed by atoms with Crippen molar-refractivity contribution in [1.82, 2.24) is 9.88 Å². The molecule has 2 heterocycles. The summed E-state index contributed by atoms with van der Waals surface area (Å²) in [6, 6.07) is 10.0. The third kappa shape index (κ3) is 3.21. The van der Waals surface area contributed by atoms with Gasteiger partial charge in [0, 0.05) is 37.0 Å². The van der Waals surface area contributed by atoms with Gasteiger partial charge in [0.1, 0.15) is 5.75 Å². The number of carbonyl (C=O) groups excluding carboxylic acids is 1. The van der Waals surface area contributed by atoms with E-state index in [-0.39, 0.29) is 5.91 Å². The van der Waals surface area contributed by atoms with Crippen LogP contribution in [-0.2, 0) is 6.42 Å². The number of hydrogen-bond donors (Lipinski definition) is 0. The van der Waals surface area contributed by atoms with E-state index in [1.54, 1.807) is 19.5 Å². The fourth-order valence-electron chi connectivity index (χ4n) is 3.18. The third-order valence-corrected chi connectivity index (χ3v) is 4.58. The molecule has 0 unspecified atom stereocenters. The zero-order valence-electron chi connectivity index (χ0n) is 13.7. The van der Waals surface area contributed by atoms with Gasteiger partial charge in [-0.25, -0.2) is 0 Å². The standard InChI is InChI=1S/C19H22N2O2/c1-3-14-12-20-10-8-18(14)19(22)21-11-9-16(13-21)15-4-6-17(23-2)7-5-15/h4-8,10,12,16H,3,9,11,13H2,1-2H3/t16-/m0/s1. The average molecular weight is 310 g/mol. The molecule has 1 fully saturated rings. The second-order valence-corrected chi connectivity index (χ2v) is 5.90. The smallest absolute Gasteiger partial charge is 0.254 e. The van der Waals surface area contributed by atoms with Crippen molar-refractivity contribution in [3.8, 4) is 5.75 Å². The van der Waals surface area contributed by atoms with E-state index in [9.17, 15) is 4.79 Å². The molecule has 2 aromatic rings. The fraction of sp³-hybridized carbons (Fsp3) is 0.368.